The second-order valence-electron chi connectivity index (χ2n) is 8.06. The molecule has 0 spiro atoms. The van der Waals surface area contributed by atoms with Gasteiger partial charge in [-0.05, 0) is 78.5 Å². The van der Waals surface area contributed by atoms with Crippen molar-refractivity contribution in [3.63, 3.8) is 0 Å². The first-order chi connectivity index (χ1) is 12.5. The van der Waals surface area contributed by atoms with Crippen LogP contribution in [-0.2, 0) is 11.8 Å². The van der Waals surface area contributed by atoms with E-state index < -0.39 is 0 Å². The van der Waals surface area contributed by atoms with Crippen molar-refractivity contribution in [1.82, 2.24) is 0 Å². The smallest absolute Gasteiger partial charge is 0.123 e. The first-order valence-electron chi connectivity index (χ1n) is 9.77. The van der Waals surface area contributed by atoms with Crippen LogP contribution in [0.2, 0.25) is 0 Å². The van der Waals surface area contributed by atoms with Gasteiger partial charge in [-0.2, -0.15) is 0 Å². The fraction of sp³-hybridized carbons (Fsp3) is 0.360. The summed E-state index contributed by atoms with van der Waals surface area (Å²) >= 11 is 0. The van der Waals surface area contributed by atoms with Gasteiger partial charge in [0.2, 0.25) is 0 Å². The zero-order valence-electron chi connectivity index (χ0n) is 16.0. The first-order valence-corrected chi connectivity index (χ1v) is 9.77. The van der Waals surface area contributed by atoms with Gasteiger partial charge in [0.05, 0.1) is 0 Å². The van der Waals surface area contributed by atoms with Crippen molar-refractivity contribution in [2.24, 2.45) is 0 Å². The number of benzene rings is 1. The maximum atomic E-state index is 14.7. The van der Waals surface area contributed by atoms with Gasteiger partial charge in [-0.1, -0.05) is 61.9 Å². The molecule has 1 aromatic rings. The number of hydrogen-bond donors (Lipinski definition) is 0. The molecule has 3 aliphatic carbocycles. The zero-order chi connectivity index (χ0) is 18.3. The number of halogens is 1. The summed E-state index contributed by atoms with van der Waals surface area (Å²) in [4.78, 5) is 0. The number of fused-ring (bicyclic) bond motifs is 1. The van der Waals surface area contributed by atoms with Gasteiger partial charge < -0.3 is 0 Å². The van der Waals surface area contributed by atoms with Crippen LogP contribution in [-0.4, -0.2) is 0 Å². The van der Waals surface area contributed by atoms with Gasteiger partial charge >= 0.3 is 0 Å². The predicted molar refractivity (Wildman–Crippen MR) is 109 cm³/mol. The molecule has 3 aliphatic rings. The van der Waals surface area contributed by atoms with Crippen LogP contribution in [0.25, 0.3) is 5.57 Å². The lowest BCUT2D eigenvalue weighted by Crippen LogP contribution is -2.30. The molecule has 0 heterocycles. The number of hydrogen-bond acceptors (Lipinski definition) is 0. The zero-order valence-corrected chi connectivity index (χ0v) is 16.0. The molecule has 0 N–H and O–H groups in total. The van der Waals surface area contributed by atoms with Gasteiger partial charge in [0.1, 0.15) is 5.83 Å². The van der Waals surface area contributed by atoms with Gasteiger partial charge in [-0.3, -0.25) is 0 Å². The van der Waals surface area contributed by atoms with Crippen LogP contribution in [0.15, 0.2) is 71.1 Å². The average molecular weight is 346 g/mol. The highest BCUT2D eigenvalue weighted by atomic mass is 19.1. The largest absolute Gasteiger partial charge is 0.207 e. The summed E-state index contributed by atoms with van der Waals surface area (Å²) in [5, 5.41) is 0. The lowest BCUT2D eigenvalue weighted by molar-refractivity contribution is 0.517. The molecular formula is C25H27F. The third-order valence-corrected chi connectivity index (χ3v) is 6.17. The van der Waals surface area contributed by atoms with E-state index in [1.165, 1.54) is 33.4 Å². The maximum absolute atomic E-state index is 14.7. The fourth-order valence-electron chi connectivity index (χ4n) is 4.99. The molecule has 26 heavy (non-hydrogen) atoms. The Hall–Kier alpha value is -2.15. The Bertz CT molecular complexity index is 900. The quantitative estimate of drug-likeness (QED) is 0.533. The van der Waals surface area contributed by atoms with Crippen LogP contribution in [0.1, 0.15) is 63.1 Å². The van der Waals surface area contributed by atoms with E-state index in [0.717, 1.165) is 37.7 Å². The molecule has 0 atom stereocenters. The van der Waals surface area contributed by atoms with Crippen LogP contribution in [0.3, 0.4) is 0 Å². The molecule has 0 aromatic heterocycles. The normalized spacial score (nSPS) is 21.8. The minimum Gasteiger partial charge on any atom is -0.207 e. The minimum atomic E-state index is -0.278. The summed E-state index contributed by atoms with van der Waals surface area (Å²) in [7, 11) is 0. The molecule has 0 saturated heterocycles. The van der Waals surface area contributed by atoms with E-state index in [1.807, 2.05) is 0 Å². The van der Waals surface area contributed by atoms with Crippen LogP contribution < -0.4 is 0 Å². The lowest BCUT2D eigenvalue weighted by atomic mass is 9.65. The van der Waals surface area contributed by atoms with Crippen molar-refractivity contribution >= 4 is 5.57 Å². The predicted octanol–water partition coefficient (Wildman–Crippen LogP) is 7.14. The van der Waals surface area contributed by atoms with E-state index in [0.29, 0.717) is 0 Å². The highest BCUT2D eigenvalue weighted by Crippen LogP contribution is 2.49. The topological polar surface area (TPSA) is 0 Å². The standard InChI is InChI=1S/C25H27F/c1-4-19(17-10-6-5-7-11-17)20-13-9-14-22-21(20)16-18-12-8-15-23(26)24(18)25(22,2)3/h4-6,9-10,13-15H,7-8,11-12,16H2,1-3H3/b19-4-. The molecule has 0 unspecified atom stereocenters. The van der Waals surface area contributed by atoms with Crippen LogP contribution >= 0.6 is 0 Å². The molecule has 0 aliphatic heterocycles. The van der Waals surface area contributed by atoms with E-state index >= 15 is 0 Å². The highest BCUT2D eigenvalue weighted by Gasteiger charge is 2.38. The van der Waals surface area contributed by atoms with Crippen LogP contribution in [0, 0.1) is 0 Å². The third-order valence-electron chi connectivity index (χ3n) is 6.17. The van der Waals surface area contributed by atoms with E-state index in [1.54, 1.807) is 6.08 Å². The van der Waals surface area contributed by atoms with Gasteiger partial charge in [-0.15, -0.1) is 0 Å². The maximum Gasteiger partial charge on any atom is 0.123 e. The molecule has 0 radical (unpaired) electrons. The highest BCUT2D eigenvalue weighted by molar-refractivity contribution is 5.82. The van der Waals surface area contributed by atoms with Crippen LogP contribution in [0.4, 0.5) is 4.39 Å². The van der Waals surface area contributed by atoms with E-state index in [2.05, 4.69) is 63.3 Å². The Kier molecular flexibility index (Phi) is 4.34. The summed E-state index contributed by atoms with van der Waals surface area (Å²) in [6.07, 6.45) is 15.6. The molecule has 134 valence electrons. The molecule has 0 fully saturated rings. The molecule has 0 amide bonds. The summed E-state index contributed by atoms with van der Waals surface area (Å²) < 4.78 is 14.7. The molecule has 1 heteroatoms. The van der Waals surface area contributed by atoms with E-state index in [-0.39, 0.29) is 11.2 Å². The number of allylic oxidation sites excluding steroid dienone is 10. The SMILES string of the molecule is C/C=C(/C1=CC=CCC1)c1cccc2c1CC1=C(C(F)=CCC1)C2(C)C. The Balaban J connectivity index is 1.88. The van der Waals surface area contributed by atoms with Gasteiger partial charge in [0.25, 0.3) is 0 Å². The van der Waals surface area contributed by atoms with Crippen molar-refractivity contribution in [1.29, 1.82) is 0 Å². The number of rotatable bonds is 2. The van der Waals surface area contributed by atoms with Crippen LogP contribution in [0.5, 0.6) is 0 Å². The third kappa shape index (κ3) is 2.65. The van der Waals surface area contributed by atoms with Crippen molar-refractivity contribution in [3.05, 3.63) is 87.8 Å². The van der Waals surface area contributed by atoms with E-state index in [4.69, 9.17) is 0 Å². The van der Waals surface area contributed by atoms with Crippen molar-refractivity contribution in [2.45, 2.75) is 58.3 Å². The van der Waals surface area contributed by atoms with Crippen molar-refractivity contribution in [2.75, 3.05) is 0 Å². The Labute approximate surface area is 156 Å². The Morgan fingerprint density at radius 3 is 2.73 bits per heavy atom. The summed E-state index contributed by atoms with van der Waals surface area (Å²) in [6.45, 7) is 6.50. The molecule has 0 saturated carbocycles. The summed E-state index contributed by atoms with van der Waals surface area (Å²) in [6, 6.07) is 6.60. The van der Waals surface area contributed by atoms with Crippen molar-refractivity contribution in [3.8, 4) is 0 Å². The monoisotopic (exact) mass is 346 g/mol. The molecule has 4 rings (SSSR count). The summed E-state index contributed by atoms with van der Waals surface area (Å²) in [5.74, 6) is -0.00122. The minimum absolute atomic E-state index is 0.00122. The van der Waals surface area contributed by atoms with Gasteiger partial charge in [0, 0.05) is 5.41 Å². The molecule has 0 bridgehead atoms. The lowest BCUT2D eigenvalue weighted by Gasteiger charge is -2.39. The molecule has 1 aromatic carbocycles. The van der Waals surface area contributed by atoms with E-state index in [9.17, 15) is 4.39 Å². The second kappa shape index (κ2) is 6.54. The Morgan fingerprint density at radius 1 is 1.15 bits per heavy atom. The molecule has 0 nitrogen and oxygen atoms in total. The first kappa shape index (κ1) is 17.3. The molecular weight excluding hydrogens is 319 g/mol. The van der Waals surface area contributed by atoms with Gasteiger partial charge in [0.15, 0.2) is 0 Å². The van der Waals surface area contributed by atoms with Gasteiger partial charge in [-0.25, -0.2) is 4.39 Å². The fourth-order valence-corrected chi connectivity index (χ4v) is 4.99. The average Bonchev–Trinajstić information content (AvgIpc) is 2.63. The Morgan fingerprint density at radius 2 is 2.00 bits per heavy atom. The summed E-state index contributed by atoms with van der Waals surface area (Å²) in [5.41, 5.74) is 8.73. The second-order valence-corrected chi connectivity index (χ2v) is 8.06. The van der Waals surface area contributed by atoms with Crippen molar-refractivity contribution < 1.29 is 4.39 Å².